The third kappa shape index (κ3) is 5.55. The molecule has 0 aliphatic heterocycles. The summed E-state index contributed by atoms with van der Waals surface area (Å²) in [6.07, 6.45) is 8.10. The van der Waals surface area contributed by atoms with Gasteiger partial charge in [0.15, 0.2) is 6.29 Å². The van der Waals surface area contributed by atoms with Crippen molar-refractivity contribution in [2.75, 3.05) is 0 Å². The predicted molar refractivity (Wildman–Crippen MR) is 107 cm³/mol. The Labute approximate surface area is 161 Å². The summed E-state index contributed by atoms with van der Waals surface area (Å²) in [6, 6.07) is 0. The monoisotopic (exact) mass is 366 g/mol. The van der Waals surface area contributed by atoms with Gasteiger partial charge in [0, 0.05) is 0 Å². The van der Waals surface area contributed by atoms with Crippen molar-refractivity contribution in [2.24, 2.45) is 35.5 Å². The number of aldehydes is 1. The molecule has 0 aromatic carbocycles. The number of carbonyl (C=O) groups is 1. The maximum absolute atomic E-state index is 12.0. The molecule has 6 unspecified atom stereocenters. The van der Waals surface area contributed by atoms with Crippen LogP contribution < -0.4 is 0 Å². The van der Waals surface area contributed by atoms with Crippen LogP contribution >= 0.6 is 0 Å². The summed E-state index contributed by atoms with van der Waals surface area (Å²) in [6.45, 7) is 15.5. The summed E-state index contributed by atoms with van der Waals surface area (Å²) in [5.74, 6) is 2.36. The molecule has 152 valence electrons. The van der Waals surface area contributed by atoms with Crippen molar-refractivity contribution >= 4 is 6.29 Å². The molecule has 2 aliphatic carbocycles. The van der Waals surface area contributed by atoms with Gasteiger partial charge in [-0.1, -0.05) is 54.4 Å². The van der Waals surface area contributed by atoms with E-state index in [9.17, 15) is 4.79 Å². The van der Waals surface area contributed by atoms with Crippen LogP contribution in [0.25, 0.3) is 0 Å². The standard InChI is InChI=1S/C23H42O3/c1-15(2)19-10-8-17(5)12-21(19)25-23(7,14-24)26-22-13-18(6)9-11-20(22)16(3)4/h14-22H,8-13H2,1-7H3. The third-order valence-electron chi connectivity index (χ3n) is 6.91. The molecular weight excluding hydrogens is 324 g/mol. The van der Waals surface area contributed by atoms with Crippen molar-refractivity contribution in [3.05, 3.63) is 0 Å². The summed E-state index contributed by atoms with van der Waals surface area (Å²) in [4.78, 5) is 12.0. The highest BCUT2D eigenvalue weighted by Gasteiger charge is 2.42. The molecule has 3 heteroatoms. The van der Waals surface area contributed by atoms with E-state index < -0.39 is 5.79 Å². The van der Waals surface area contributed by atoms with Gasteiger partial charge in [-0.05, 0) is 68.1 Å². The normalized spacial score (nSPS) is 38.3. The zero-order valence-electron chi connectivity index (χ0n) is 18.2. The Morgan fingerprint density at radius 2 is 1.19 bits per heavy atom. The van der Waals surface area contributed by atoms with Gasteiger partial charge in [-0.15, -0.1) is 0 Å². The molecule has 0 bridgehead atoms. The van der Waals surface area contributed by atoms with Crippen LogP contribution in [-0.4, -0.2) is 24.3 Å². The molecule has 0 aromatic heterocycles. The number of hydrogen-bond acceptors (Lipinski definition) is 3. The lowest BCUT2D eigenvalue weighted by molar-refractivity contribution is -0.273. The highest BCUT2D eigenvalue weighted by atomic mass is 16.7. The van der Waals surface area contributed by atoms with E-state index in [0.717, 1.165) is 19.1 Å². The molecule has 0 heterocycles. The molecule has 0 spiro atoms. The van der Waals surface area contributed by atoms with Crippen LogP contribution in [0.3, 0.4) is 0 Å². The van der Waals surface area contributed by atoms with Crippen molar-refractivity contribution in [3.8, 4) is 0 Å². The molecule has 0 aromatic rings. The Bertz CT molecular complexity index is 411. The molecule has 2 fully saturated rings. The van der Waals surface area contributed by atoms with E-state index in [1.807, 2.05) is 6.92 Å². The highest BCUT2D eigenvalue weighted by molar-refractivity contribution is 5.59. The zero-order chi connectivity index (χ0) is 19.5. The maximum Gasteiger partial charge on any atom is 0.223 e. The van der Waals surface area contributed by atoms with Gasteiger partial charge in [-0.2, -0.15) is 0 Å². The largest absolute Gasteiger partial charge is 0.340 e. The zero-order valence-corrected chi connectivity index (χ0v) is 18.2. The first-order valence-corrected chi connectivity index (χ1v) is 11.0. The van der Waals surface area contributed by atoms with Crippen molar-refractivity contribution in [2.45, 2.75) is 105 Å². The third-order valence-corrected chi connectivity index (χ3v) is 6.91. The second-order valence-electron chi connectivity index (χ2n) is 10.1. The van der Waals surface area contributed by atoms with Gasteiger partial charge in [0.1, 0.15) is 0 Å². The molecular formula is C23H42O3. The van der Waals surface area contributed by atoms with E-state index >= 15 is 0 Å². The average molecular weight is 367 g/mol. The Hall–Kier alpha value is -0.410. The molecule has 6 atom stereocenters. The van der Waals surface area contributed by atoms with Crippen LogP contribution in [0.4, 0.5) is 0 Å². The van der Waals surface area contributed by atoms with E-state index in [2.05, 4.69) is 41.5 Å². The van der Waals surface area contributed by atoms with Crippen LogP contribution in [0.15, 0.2) is 0 Å². The van der Waals surface area contributed by atoms with Crippen LogP contribution in [0, 0.1) is 35.5 Å². The van der Waals surface area contributed by atoms with Crippen LogP contribution in [0.2, 0.25) is 0 Å². The summed E-state index contributed by atoms with van der Waals surface area (Å²) in [5.41, 5.74) is 0. The van der Waals surface area contributed by atoms with E-state index in [4.69, 9.17) is 9.47 Å². The molecule has 0 saturated heterocycles. The summed E-state index contributed by atoms with van der Waals surface area (Å²) < 4.78 is 12.9. The summed E-state index contributed by atoms with van der Waals surface area (Å²) in [7, 11) is 0. The molecule has 2 saturated carbocycles. The van der Waals surface area contributed by atoms with E-state index in [-0.39, 0.29) is 12.2 Å². The summed E-state index contributed by atoms with van der Waals surface area (Å²) >= 11 is 0. The van der Waals surface area contributed by atoms with Gasteiger partial charge >= 0.3 is 0 Å². The molecule has 3 nitrogen and oxygen atoms in total. The maximum atomic E-state index is 12.0. The second-order valence-corrected chi connectivity index (χ2v) is 10.1. The first-order valence-electron chi connectivity index (χ1n) is 11.0. The fourth-order valence-electron chi connectivity index (χ4n) is 5.18. The van der Waals surface area contributed by atoms with E-state index in [1.165, 1.54) is 25.7 Å². The van der Waals surface area contributed by atoms with E-state index in [1.54, 1.807) is 0 Å². The second kappa shape index (κ2) is 9.19. The lowest BCUT2D eigenvalue weighted by atomic mass is 9.75. The molecule has 26 heavy (non-hydrogen) atoms. The molecule has 0 radical (unpaired) electrons. The van der Waals surface area contributed by atoms with Gasteiger partial charge in [0.25, 0.3) is 0 Å². The van der Waals surface area contributed by atoms with Crippen molar-refractivity contribution in [1.82, 2.24) is 0 Å². The fraction of sp³-hybridized carbons (Fsp3) is 0.957. The number of hydrogen-bond donors (Lipinski definition) is 0. The predicted octanol–water partition coefficient (Wildman–Crippen LogP) is 5.86. The number of carbonyl (C=O) groups excluding carboxylic acids is 1. The summed E-state index contributed by atoms with van der Waals surface area (Å²) in [5, 5.41) is 0. The van der Waals surface area contributed by atoms with Crippen molar-refractivity contribution in [3.63, 3.8) is 0 Å². The smallest absolute Gasteiger partial charge is 0.223 e. The average Bonchev–Trinajstić information content (AvgIpc) is 2.54. The molecule has 2 rings (SSSR count). The van der Waals surface area contributed by atoms with Gasteiger partial charge in [0.2, 0.25) is 5.79 Å². The minimum absolute atomic E-state index is 0.118. The van der Waals surface area contributed by atoms with Crippen LogP contribution in [-0.2, 0) is 14.3 Å². The first-order chi connectivity index (χ1) is 12.1. The van der Waals surface area contributed by atoms with Crippen molar-refractivity contribution in [1.29, 1.82) is 0 Å². The fourth-order valence-corrected chi connectivity index (χ4v) is 5.18. The van der Waals surface area contributed by atoms with Crippen molar-refractivity contribution < 1.29 is 14.3 Å². The number of rotatable bonds is 7. The Kier molecular flexibility index (Phi) is 7.73. The highest BCUT2D eigenvalue weighted by Crippen LogP contribution is 2.40. The van der Waals surface area contributed by atoms with Gasteiger partial charge in [0.05, 0.1) is 12.2 Å². The van der Waals surface area contributed by atoms with Gasteiger partial charge < -0.3 is 9.47 Å². The lowest BCUT2D eigenvalue weighted by Crippen LogP contribution is -2.48. The Morgan fingerprint density at radius 3 is 1.50 bits per heavy atom. The first kappa shape index (κ1) is 21.9. The minimum Gasteiger partial charge on any atom is -0.340 e. The van der Waals surface area contributed by atoms with Crippen LogP contribution in [0.5, 0.6) is 0 Å². The van der Waals surface area contributed by atoms with Gasteiger partial charge in [-0.25, -0.2) is 0 Å². The lowest BCUT2D eigenvalue weighted by Gasteiger charge is -2.44. The molecule has 0 N–H and O–H groups in total. The Morgan fingerprint density at radius 1 is 0.808 bits per heavy atom. The SMILES string of the molecule is CC1CCC(C(C)C)C(OC(C)(C=O)OC2CC(C)CCC2C(C)C)C1. The molecule has 0 amide bonds. The topological polar surface area (TPSA) is 35.5 Å². The van der Waals surface area contributed by atoms with Crippen LogP contribution in [0.1, 0.15) is 87.0 Å². The Balaban J connectivity index is 2.11. The number of ether oxygens (including phenoxy) is 2. The van der Waals surface area contributed by atoms with Gasteiger partial charge in [-0.3, -0.25) is 4.79 Å². The minimum atomic E-state index is -1.12. The molecule has 2 aliphatic rings. The quantitative estimate of drug-likeness (QED) is 0.418. The van der Waals surface area contributed by atoms with E-state index in [0.29, 0.717) is 35.5 Å².